The minimum atomic E-state index is -0.334. The summed E-state index contributed by atoms with van der Waals surface area (Å²) >= 11 is 0. The Kier molecular flexibility index (Phi) is 6.40. The molecule has 1 atom stereocenters. The van der Waals surface area contributed by atoms with E-state index < -0.39 is 0 Å². The number of benzene rings is 2. The number of aryl methyl sites for hydroxylation is 2. The average Bonchev–Trinajstić information content (AvgIpc) is 2.68. The molecule has 1 amide bonds. The molecule has 1 unspecified atom stereocenters. The molecule has 2 aromatic carbocycles. The van der Waals surface area contributed by atoms with Gasteiger partial charge in [0.2, 0.25) is 5.91 Å². The quantitative estimate of drug-likeness (QED) is 0.582. The first-order valence-electron chi connectivity index (χ1n) is 10.6. The molecule has 3 rings (SSSR count). The Hall–Kier alpha value is -2.95. The van der Waals surface area contributed by atoms with Crippen molar-refractivity contribution in [2.45, 2.75) is 54.0 Å². The fourth-order valence-electron chi connectivity index (χ4n) is 3.99. The van der Waals surface area contributed by atoms with Crippen LogP contribution in [0.25, 0.3) is 16.6 Å². The first-order chi connectivity index (χ1) is 14.2. The molecule has 0 aliphatic heterocycles. The molecule has 0 N–H and O–H groups in total. The zero-order chi connectivity index (χ0) is 22.0. The number of nitrogens with zero attached hydrogens (tertiary/aromatic N) is 3. The van der Waals surface area contributed by atoms with Crippen LogP contribution in [0.4, 0.5) is 0 Å². The Morgan fingerprint density at radius 1 is 1.10 bits per heavy atom. The number of rotatable bonds is 6. The molecular weight excluding hydrogens is 374 g/mol. The monoisotopic (exact) mass is 405 g/mol. The smallest absolute Gasteiger partial charge is 0.266 e. The molecule has 0 aliphatic carbocycles. The Labute approximate surface area is 178 Å². The SMILES string of the molecule is CCN(C(=O)CC(C)C)C(C)c1nc2ccccc2c(=O)n1-c1ccc(C)cc1C. The largest absolute Gasteiger partial charge is 0.333 e. The molecule has 0 fully saturated rings. The third-order valence-electron chi connectivity index (χ3n) is 5.48. The van der Waals surface area contributed by atoms with Gasteiger partial charge in [0.1, 0.15) is 5.82 Å². The van der Waals surface area contributed by atoms with Gasteiger partial charge in [-0.25, -0.2) is 4.98 Å². The summed E-state index contributed by atoms with van der Waals surface area (Å²) in [4.78, 5) is 33.2. The second-order valence-electron chi connectivity index (χ2n) is 8.37. The number of amides is 1. The highest BCUT2D eigenvalue weighted by Crippen LogP contribution is 2.25. The van der Waals surface area contributed by atoms with Gasteiger partial charge in [-0.3, -0.25) is 14.2 Å². The van der Waals surface area contributed by atoms with E-state index in [4.69, 9.17) is 4.98 Å². The minimum Gasteiger partial charge on any atom is -0.333 e. The molecule has 5 nitrogen and oxygen atoms in total. The van der Waals surface area contributed by atoms with Crippen molar-refractivity contribution in [1.29, 1.82) is 0 Å². The van der Waals surface area contributed by atoms with E-state index in [1.807, 2.05) is 76.8 Å². The van der Waals surface area contributed by atoms with Crippen LogP contribution in [-0.2, 0) is 4.79 Å². The van der Waals surface area contributed by atoms with E-state index in [0.29, 0.717) is 29.7 Å². The zero-order valence-electron chi connectivity index (χ0n) is 18.8. The predicted molar refractivity (Wildman–Crippen MR) is 122 cm³/mol. The highest BCUT2D eigenvalue weighted by Gasteiger charge is 2.26. The van der Waals surface area contributed by atoms with Crippen LogP contribution < -0.4 is 5.56 Å². The molecule has 5 heteroatoms. The van der Waals surface area contributed by atoms with Crippen molar-refractivity contribution in [1.82, 2.24) is 14.5 Å². The molecule has 0 bridgehead atoms. The van der Waals surface area contributed by atoms with Crippen LogP contribution in [0.3, 0.4) is 0 Å². The third kappa shape index (κ3) is 4.16. The topological polar surface area (TPSA) is 55.2 Å². The molecule has 30 heavy (non-hydrogen) atoms. The fraction of sp³-hybridized carbons (Fsp3) is 0.400. The van der Waals surface area contributed by atoms with Crippen molar-refractivity contribution in [3.8, 4) is 5.69 Å². The summed E-state index contributed by atoms with van der Waals surface area (Å²) < 4.78 is 1.69. The number of carbonyl (C=O) groups excluding carboxylic acids is 1. The molecule has 3 aromatic rings. The van der Waals surface area contributed by atoms with Gasteiger partial charge in [0.25, 0.3) is 5.56 Å². The van der Waals surface area contributed by atoms with E-state index in [9.17, 15) is 9.59 Å². The number of fused-ring (bicyclic) bond motifs is 1. The van der Waals surface area contributed by atoms with Gasteiger partial charge < -0.3 is 4.90 Å². The van der Waals surface area contributed by atoms with Gasteiger partial charge in [0.05, 0.1) is 22.6 Å². The molecule has 158 valence electrons. The molecule has 0 saturated carbocycles. The van der Waals surface area contributed by atoms with E-state index in [0.717, 1.165) is 16.8 Å². The van der Waals surface area contributed by atoms with Gasteiger partial charge in [-0.1, -0.05) is 43.7 Å². The molecule has 1 aromatic heterocycles. The summed E-state index contributed by atoms with van der Waals surface area (Å²) in [7, 11) is 0. The second kappa shape index (κ2) is 8.82. The van der Waals surface area contributed by atoms with Crippen molar-refractivity contribution in [3.63, 3.8) is 0 Å². The Balaban J connectivity index is 2.27. The van der Waals surface area contributed by atoms with Gasteiger partial charge in [-0.15, -0.1) is 0 Å². The normalized spacial score (nSPS) is 12.4. The minimum absolute atomic E-state index is 0.0783. The summed E-state index contributed by atoms with van der Waals surface area (Å²) in [6.07, 6.45) is 0.472. The number of hydrogen-bond acceptors (Lipinski definition) is 3. The lowest BCUT2D eigenvalue weighted by Crippen LogP contribution is -2.37. The fourth-order valence-corrected chi connectivity index (χ4v) is 3.99. The number of hydrogen-bond donors (Lipinski definition) is 0. The lowest BCUT2D eigenvalue weighted by atomic mass is 10.1. The highest BCUT2D eigenvalue weighted by molar-refractivity contribution is 5.79. The standard InChI is InChI=1S/C25H31N3O2/c1-7-27(23(29)14-16(2)3)19(6)24-26-21-11-9-8-10-20(21)25(30)28(24)22-13-12-17(4)15-18(22)5/h8-13,15-16,19H,7,14H2,1-6H3. The summed E-state index contributed by atoms with van der Waals surface area (Å²) in [5.41, 5.74) is 3.48. The molecule has 0 spiro atoms. The molecule has 0 radical (unpaired) electrons. The maximum Gasteiger partial charge on any atom is 0.266 e. The first kappa shape index (κ1) is 21.8. The summed E-state index contributed by atoms with van der Waals surface area (Å²) in [6.45, 7) is 12.6. The maximum atomic E-state index is 13.6. The summed E-state index contributed by atoms with van der Waals surface area (Å²) in [5.74, 6) is 0.934. The zero-order valence-corrected chi connectivity index (χ0v) is 18.8. The van der Waals surface area contributed by atoms with Crippen molar-refractivity contribution < 1.29 is 4.79 Å². The molecular formula is C25H31N3O2. The van der Waals surface area contributed by atoms with E-state index in [1.54, 1.807) is 10.6 Å². The van der Waals surface area contributed by atoms with E-state index in [2.05, 4.69) is 6.07 Å². The summed E-state index contributed by atoms with van der Waals surface area (Å²) in [5, 5.41) is 0.574. The van der Waals surface area contributed by atoms with Crippen LogP contribution in [0.2, 0.25) is 0 Å². The van der Waals surface area contributed by atoms with Gasteiger partial charge in [-0.2, -0.15) is 0 Å². The molecule has 1 heterocycles. The van der Waals surface area contributed by atoms with Crippen LogP contribution >= 0.6 is 0 Å². The van der Waals surface area contributed by atoms with Gasteiger partial charge in [0, 0.05) is 13.0 Å². The van der Waals surface area contributed by atoms with Crippen LogP contribution in [0, 0.1) is 19.8 Å². The van der Waals surface area contributed by atoms with Gasteiger partial charge >= 0.3 is 0 Å². The lowest BCUT2D eigenvalue weighted by molar-refractivity contribution is -0.134. The van der Waals surface area contributed by atoms with Gasteiger partial charge in [-0.05, 0) is 57.4 Å². The maximum absolute atomic E-state index is 13.6. The predicted octanol–water partition coefficient (Wildman–Crippen LogP) is 4.96. The van der Waals surface area contributed by atoms with Crippen molar-refractivity contribution in [2.75, 3.05) is 6.54 Å². The van der Waals surface area contributed by atoms with Crippen molar-refractivity contribution >= 4 is 16.8 Å². The third-order valence-corrected chi connectivity index (χ3v) is 5.48. The molecule has 0 aliphatic rings. The van der Waals surface area contributed by atoms with Crippen molar-refractivity contribution in [2.24, 2.45) is 5.92 Å². The summed E-state index contributed by atoms with van der Waals surface area (Å²) in [6, 6.07) is 13.1. The number of carbonyl (C=O) groups is 1. The molecule has 0 saturated heterocycles. The Bertz CT molecular complexity index is 1130. The Morgan fingerprint density at radius 3 is 2.43 bits per heavy atom. The van der Waals surface area contributed by atoms with E-state index in [1.165, 1.54) is 0 Å². The van der Waals surface area contributed by atoms with E-state index >= 15 is 0 Å². The van der Waals surface area contributed by atoms with Crippen LogP contribution in [0.5, 0.6) is 0 Å². The van der Waals surface area contributed by atoms with Crippen LogP contribution in [0.1, 0.15) is 57.1 Å². The van der Waals surface area contributed by atoms with Crippen LogP contribution in [-0.4, -0.2) is 26.9 Å². The lowest BCUT2D eigenvalue weighted by Gasteiger charge is -2.30. The second-order valence-corrected chi connectivity index (χ2v) is 8.37. The van der Waals surface area contributed by atoms with E-state index in [-0.39, 0.29) is 23.4 Å². The number of aromatic nitrogens is 2. The average molecular weight is 406 g/mol. The Morgan fingerprint density at radius 2 is 1.80 bits per heavy atom. The number of para-hydroxylation sites is 1. The first-order valence-corrected chi connectivity index (χ1v) is 10.6. The van der Waals surface area contributed by atoms with Crippen LogP contribution in [0.15, 0.2) is 47.3 Å². The highest BCUT2D eigenvalue weighted by atomic mass is 16.2. The van der Waals surface area contributed by atoms with Crippen molar-refractivity contribution in [3.05, 3.63) is 69.8 Å². The van der Waals surface area contributed by atoms with Gasteiger partial charge in [0.15, 0.2) is 0 Å².